The Morgan fingerprint density at radius 2 is 2.24 bits per heavy atom. The molecular formula is C13H26N2O2. The largest absolute Gasteiger partial charge is 0.466 e. The standard InChI is InChI=1S/C13H26N2O2/c1-4-8-14-13(10-12(16)17-5-2)7-6-9-15(3)11-13/h14H,4-11H2,1-3H3. The molecule has 0 aliphatic carbocycles. The summed E-state index contributed by atoms with van der Waals surface area (Å²) < 4.78 is 5.09. The predicted octanol–water partition coefficient (Wildman–Crippen LogP) is 1.40. The highest BCUT2D eigenvalue weighted by Gasteiger charge is 2.36. The molecule has 1 rings (SSSR count). The van der Waals surface area contributed by atoms with Gasteiger partial charge in [0.25, 0.3) is 0 Å². The van der Waals surface area contributed by atoms with E-state index in [-0.39, 0.29) is 11.5 Å². The van der Waals surface area contributed by atoms with Gasteiger partial charge < -0.3 is 15.0 Å². The van der Waals surface area contributed by atoms with Crippen LogP contribution in [0.15, 0.2) is 0 Å². The molecule has 0 amide bonds. The first kappa shape index (κ1) is 14.5. The van der Waals surface area contributed by atoms with Crippen LogP contribution >= 0.6 is 0 Å². The van der Waals surface area contributed by atoms with Crippen molar-refractivity contribution >= 4 is 5.97 Å². The molecule has 1 aliphatic rings. The molecule has 1 aliphatic heterocycles. The molecule has 0 spiro atoms. The number of rotatable bonds is 6. The predicted molar refractivity (Wildman–Crippen MR) is 69.0 cm³/mol. The minimum atomic E-state index is -0.0774. The van der Waals surface area contributed by atoms with Crippen LogP contribution in [0.1, 0.15) is 39.5 Å². The molecule has 0 aromatic carbocycles. The van der Waals surface area contributed by atoms with Crippen LogP contribution in [-0.4, -0.2) is 49.7 Å². The van der Waals surface area contributed by atoms with E-state index >= 15 is 0 Å². The van der Waals surface area contributed by atoms with Crippen molar-refractivity contribution in [2.45, 2.75) is 45.1 Å². The van der Waals surface area contributed by atoms with Gasteiger partial charge in [0, 0.05) is 12.1 Å². The molecule has 1 saturated heterocycles. The second-order valence-corrected chi connectivity index (χ2v) is 5.03. The maximum absolute atomic E-state index is 11.7. The van der Waals surface area contributed by atoms with Crippen LogP contribution in [-0.2, 0) is 9.53 Å². The second kappa shape index (κ2) is 6.97. The molecule has 17 heavy (non-hydrogen) atoms. The molecule has 1 atom stereocenters. The summed E-state index contributed by atoms with van der Waals surface area (Å²) >= 11 is 0. The minimum Gasteiger partial charge on any atom is -0.466 e. The van der Waals surface area contributed by atoms with E-state index in [2.05, 4.69) is 24.2 Å². The number of nitrogens with zero attached hydrogens (tertiary/aromatic N) is 1. The SMILES string of the molecule is CCCNC1(CC(=O)OCC)CCCN(C)C1. The smallest absolute Gasteiger partial charge is 0.307 e. The molecule has 0 bridgehead atoms. The normalized spacial score (nSPS) is 25.8. The van der Waals surface area contributed by atoms with Gasteiger partial charge in [-0.2, -0.15) is 0 Å². The summed E-state index contributed by atoms with van der Waals surface area (Å²) in [6, 6.07) is 0. The van der Waals surface area contributed by atoms with E-state index in [9.17, 15) is 4.79 Å². The maximum Gasteiger partial charge on any atom is 0.307 e. The summed E-state index contributed by atoms with van der Waals surface area (Å²) in [6.07, 6.45) is 3.79. The molecule has 1 fully saturated rings. The fraction of sp³-hybridized carbons (Fsp3) is 0.923. The number of likely N-dealkylation sites (N-methyl/N-ethyl adjacent to an activating group) is 1. The van der Waals surface area contributed by atoms with Gasteiger partial charge in [-0.3, -0.25) is 4.79 Å². The summed E-state index contributed by atoms with van der Waals surface area (Å²) in [5, 5.41) is 3.56. The van der Waals surface area contributed by atoms with Gasteiger partial charge in [-0.15, -0.1) is 0 Å². The molecule has 1 N–H and O–H groups in total. The quantitative estimate of drug-likeness (QED) is 0.715. The highest BCUT2D eigenvalue weighted by Crippen LogP contribution is 2.24. The van der Waals surface area contributed by atoms with Gasteiger partial charge in [-0.25, -0.2) is 0 Å². The number of carbonyl (C=O) groups excluding carboxylic acids is 1. The molecule has 1 heterocycles. The number of carbonyl (C=O) groups is 1. The number of ether oxygens (including phenoxy) is 1. The fourth-order valence-corrected chi connectivity index (χ4v) is 2.59. The summed E-state index contributed by atoms with van der Waals surface area (Å²) in [6.45, 7) is 7.50. The molecule has 1 unspecified atom stereocenters. The van der Waals surface area contributed by atoms with Crippen LogP contribution in [0.2, 0.25) is 0 Å². The Balaban J connectivity index is 2.60. The Kier molecular flexibility index (Phi) is 5.92. The Morgan fingerprint density at radius 1 is 1.47 bits per heavy atom. The van der Waals surface area contributed by atoms with Gasteiger partial charge in [0.1, 0.15) is 0 Å². The lowest BCUT2D eigenvalue weighted by Crippen LogP contribution is -2.57. The molecule has 0 aromatic heterocycles. The Morgan fingerprint density at radius 3 is 2.82 bits per heavy atom. The summed E-state index contributed by atoms with van der Waals surface area (Å²) in [5.41, 5.74) is -0.0741. The third-order valence-corrected chi connectivity index (χ3v) is 3.31. The molecule has 0 radical (unpaired) electrons. The van der Waals surface area contributed by atoms with Gasteiger partial charge in [0.05, 0.1) is 13.0 Å². The van der Waals surface area contributed by atoms with Crippen molar-refractivity contribution in [3.8, 4) is 0 Å². The van der Waals surface area contributed by atoms with Gasteiger partial charge in [-0.1, -0.05) is 6.92 Å². The van der Waals surface area contributed by atoms with Gasteiger partial charge in [0.2, 0.25) is 0 Å². The minimum absolute atomic E-state index is 0.0741. The lowest BCUT2D eigenvalue weighted by Gasteiger charge is -2.41. The van der Waals surface area contributed by atoms with Crippen LogP contribution in [0.25, 0.3) is 0 Å². The molecule has 0 aromatic rings. The number of hydrogen-bond acceptors (Lipinski definition) is 4. The second-order valence-electron chi connectivity index (χ2n) is 5.03. The third-order valence-electron chi connectivity index (χ3n) is 3.31. The summed E-state index contributed by atoms with van der Waals surface area (Å²) in [5.74, 6) is -0.0774. The van der Waals surface area contributed by atoms with Crippen molar-refractivity contribution in [2.24, 2.45) is 0 Å². The number of piperidine rings is 1. The topological polar surface area (TPSA) is 41.6 Å². The van der Waals surface area contributed by atoms with Crippen molar-refractivity contribution < 1.29 is 9.53 Å². The molecule has 4 nitrogen and oxygen atoms in total. The van der Waals surface area contributed by atoms with Crippen LogP contribution in [0, 0.1) is 0 Å². The monoisotopic (exact) mass is 242 g/mol. The zero-order chi connectivity index (χ0) is 12.7. The fourth-order valence-electron chi connectivity index (χ4n) is 2.59. The van der Waals surface area contributed by atoms with Crippen LogP contribution < -0.4 is 5.32 Å². The molecular weight excluding hydrogens is 216 g/mol. The highest BCUT2D eigenvalue weighted by molar-refractivity contribution is 5.71. The molecule has 4 heteroatoms. The molecule has 0 saturated carbocycles. The van der Waals surface area contributed by atoms with Gasteiger partial charge in [0.15, 0.2) is 0 Å². The first-order valence-corrected chi connectivity index (χ1v) is 6.71. The first-order chi connectivity index (χ1) is 8.12. The van der Waals surface area contributed by atoms with Gasteiger partial charge in [-0.05, 0) is 46.3 Å². The van der Waals surface area contributed by atoms with Crippen molar-refractivity contribution in [1.29, 1.82) is 0 Å². The average molecular weight is 242 g/mol. The highest BCUT2D eigenvalue weighted by atomic mass is 16.5. The van der Waals surface area contributed by atoms with E-state index in [1.54, 1.807) is 0 Å². The lowest BCUT2D eigenvalue weighted by atomic mass is 9.86. The number of esters is 1. The van der Waals surface area contributed by atoms with Gasteiger partial charge >= 0.3 is 5.97 Å². The van der Waals surface area contributed by atoms with Crippen LogP contribution in [0.5, 0.6) is 0 Å². The average Bonchev–Trinajstić information content (AvgIpc) is 2.26. The number of likely N-dealkylation sites (tertiary alicyclic amines) is 1. The first-order valence-electron chi connectivity index (χ1n) is 6.71. The van der Waals surface area contributed by atoms with E-state index in [1.807, 2.05) is 6.92 Å². The van der Waals surface area contributed by atoms with Crippen molar-refractivity contribution in [1.82, 2.24) is 10.2 Å². The van der Waals surface area contributed by atoms with E-state index < -0.39 is 0 Å². The van der Waals surface area contributed by atoms with Crippen LogP contribution in [0.4, 0.5) is 0 Å². The Labute approximate surface area is 105 Å². The lowest BCUT2D eigenvalue weighted by molar-refractivity contribution is -0.145. The van der Waals surface area contributed by atoms with E-state index in [4.69, 9.17) is 4.74 Å². The Bertz CT molecular complexity index is 246. The van der Waals surface area contributed by atoms with Crippen molar-refractivity contribution in [3.05, 3.63) is 0 Å². The third kappa shape index (κ3) is 4.64. The zero-order valence-corrected chi connectivity index (χ0v) is 11.4. The number of hydrogen-bond donors (Lipinski definition) is 1. The van der Waals surface area contributed by atoms with E-state index in [0.717, 1.165) is 38.9 Å². The zero-order valence-electron chi connectivity index (χ0n) is 11.4. The van der Waals surface area contributed by atoms with E-state index in [1.165, 1.54) is 0 Å². The number of nitrogens with one attached hydrogen (secondary N) is 1. The summed E-state index contributed by atoms with van der Waals surface area (Å²) in [4.78, 5) is 14.0. The van der Waals surface area contributed by atoms with Crippen molar-refractivity contribution in [3.63, 3.8) is 0 Å². The maximum atomic E-state index is 11.7. The summed E-state index contributed by atoms with van der Waals surface area (Å²) in [7, 11) is 2.12. The molecule has 100 valence electrons. The van der Waals surface area contributed by atoms with Crippen molar-refractivity contribution in [2.75, 3.05) is 33.3 Å². The van der Waals surface area contributed by atoms with E-state index in [0.29, 0.717) is 13.0 Å². The van der Waals surface area contributed by atoms with Crippen LogP contribution in [0.3, 0.4) is 0 Å². The Hall–Kier alpha value is -0.610.